The lowest BCUT2D eigenvalue weighted by atomic mass is 10.2. The van der Waals surface area contributed by atoms with E-state index in [1.54, 1.807) is 20.8 Å². The number of carbonyl (C=O) groups is 1. The summed E-state index contributed by atoms with van der Waals surface area (Å²) in [5.74, 6) is 0. The molecule has 1 amide bonds. The monoisotopic (exact) mass is 228 g/mol. The van der Waals surface area contributed by atoms with Crippen LogP contribution in [0.2, 0.25) is 0 Å². The normalized spacial score (nSPS) is 12.5. The largest absolute Gasteiger partial charge is 0.443 e. The summed E-state index contributed by atoms with van der Waals surface area (Å²) in [7, 11) is 1.17. The molecule has 0 aliphatic carbocycles. The van der Waals surface area contributed by atoms with Crippen LogP contribution in [0.1, 0.15) is 20.8 Å². The zero-order chi connectivity index (χ0) is 12.3. The van der Waals surface area contributed by atoms with Crippen molar-refractivity contribution >= 4 is 6.09 Å². The number of hydrogen-bond donors (Lipinski definition) is 1. The van der Waals surface area contributed by atoms with Crippen molar-refractivity contribution in [2.75, 3.05) is 13.6 Å². The van der Waals surface area contributed by atoms with Gasteiger partial charge in [-0.1, -0.05) is 0 Å². The van der Waals surface area contributed by atoms with Crippen molar-refractivity contribution < 1.29 is 22.7 Å². The van der Waals surface area contributed by atoms with Gasteiger partial charge in [-0.2, -0.15) is 13.2 Å². The summed E-state index contributed by atoms with van der Waals surface area (Å²) in [5.41, 5.74) is 1.15. The second-order valence-electron chi connectivity index (χ2n) is 3.99. The van der Waals surface area contributed by atoms with Crippen LogP contribution in [0.5, 0.6) is 0 Å². The average molecular weight is 228 g/mol. The average Bonchev–Trinajstić information content (AvgIpc) is 1.95. The number of hydrogen-bond acceptors (Lipinski definition) is 3. The number of nitrogens with one attached hydrogen (secondary N) is 1. The quantitative estimate of drug-likeness (QED) is 0.734. The van der Waals surface area contributed by atoms with E-state index in [-0.39, 0.29) is 0 Å². The van der Waals surface area contributed by atoms with Crippen LogP contribution in [0.15, 0.2) is 0 Å². The molecule has 0 aromatic carbocycles. The molecule has 0 bridgehead atoms. The Morgan fingerprint density at radius 1 is 1.33 bits per heavy atom. The van der Waals surface area contributed by atoms with Gasteiger partial charge in [-0.15, -0.1) is 0 Å². The van der Waals surface area contributed by atoms with Crippen LogP contribution in [0.4, 0.5) is 18.0 Å². The predicted octanol–water partition coefficient (Wildman–Crippen LogP) is 1.92. The Labute approximate surface area is 86.3 Å². The molecule has 0 atom stereocenters. The predicted molar refractivity (Wildman–Crippen MR) is 48.1 cm³/mol. The zero-order valence-electron chi connectivity index (χ0n) is 9.10. The highest BCUT2D eigenvalue weighted by Crippen LogP contribution is 2.13. The van der Waals surface area contributed by atoms with Gasteiger partial charge in [0.2, 0.25) is 0 Å². The Bertz CT molecular complexity index is 223. The molecule has 0 heterocycles. The number of halogens is 3. The third-order valence-electron chi connectivity index (χ3n) is 1.18. The van der Waals surface area contributed by atoms with Crippen LogP contribution >= 0.6 is 0 Å². The first-order valence-corrected chi connectivity index (χ1v) is 4.28. The van der Waals surface area contributed by atoms with Crippen molar-refractivity contribution in [3.05, 3.63) is 0 Å². The van der Waals surface area contributed by atoms with Crippen molar-refractivity contribution in [1.82, 2.24) is 10.4 Å². The topological polar surface area (TPSA) is 41.6 Å². The van der Waals surface area contributed by atoms with Crippen LogP contribution in [0.3, 0.4) is 0 Å². The SMILES string of the molecule is CN(NCC(F)(F)F)C(=O)OC(C)(C)C. The van der Waals surface area contributed by atoms with E-state index in [1.165, 1.54) is 7.05 Å². The third kappa shape index (κ3) is 8.04. The van der Waals surface area contributed by atoms with E-state index in [1.807, 2.05) is 5.43 Å². The summed E-state index contributed by atoms with van der Waals surface area (Å²) in [6, 6.07) is 0. The van der Waals surface area contributed by atoms with Crippen LogP contribution < -0.4 is 5.43 Å². The van der Waals surface area contributed by atoms with Gasteiger partial charge in [-0.3, -0.25) is 0 Å². The Balaban J connectivity index is 4.01. The number of rotatable bonds is 2. The second kappa shape index (κ2) is 4.69. The summed E-state index contributed by atoms with van der Waals surface area (Å²) >= 11 is 0. The minimum Gasteiger partial charge on any atom is -0.443 e. The number of hydrazine groups is 1. The minimum absolute atomic E-state index is 0.665. The molecule has 0 aliphatic heterocycles. The van der Waals surface area contributed by atoms with E-state index in [2.05, 4.69) is 0 Å². The Kier molecular flexibility index (Phi) is 4.39. The molecule has 0 aliphatic rings. The first kappa shape index (κ1) is 14.0. The molecule has 0 spiro atoms. The molecule has 0 unspecified atom stereocenters. The van der Waals surface area contributed by atoms with E-state index in [9.17, 15) is 18.0 Å². The van der Waals surface area contributed by atoms with Crippen LogP contribution in [-0.4, -0.2) is 36.5 Å². The number of carbonyl (C=O) groups excluding carboxylic acids is 1. The summed E-state index contributed by atoms with van der Waals surface area (Å²) in [6.07, 6.45) is -5.22. The van der Waals surface area contributed by atoms with Crippen molar-refractivity contribution in [3.63, 3.8) is 0 Å². The van der Waals surface area contributed by atoms with Gasteiger partial charge < -0.3 is 4.74 Å². The molecule has 15 heavy (non-hydrogen) atoms. The minimum atomic E-state index is -4.36. The lowest BCUT2D eigenvalue weighted by Gasteiger charge is -2.25. The van der Waals surface area contributed by atoms with E-state index < -0.39 is 24.4 Å². The Morgan fingerprint density at radius 2 is 1.80 bits per heavy atom. The highest BCUT2D eigenvalue weighted by Gasteiger charge is 2.29. The maximum atomic E-state index is 11.8. The molecule has 0 aromatic rings. The molecule has 1 N–H and O–H groups in total. The fourth-order valence-corrected chi connectivity index (χ4v) is 0.603. The van der Waals surface area contributed by atoms with Gasteiger partial charge in [-0.05, 0) is 20.8 Å². The second-order valence-corrected chi connectivity index (χ2v) is 3.99. The van der Waals surface area contributed by atoms with Gasteiger partial charge in [0, 0.05) is 7.05 Å². The zero-order valence-corrected chi connectivity index (χ0v) is 9.10. The highest BCUT2D eigenvalue weighted by atomic mass is 19.4. The molecule has 4 nitrogen and oxygen atoms in total. The summed E-state index contributed by atoms with van der Waals surface area (Å²) < 4.78 is 40.1. The molecule has 0 aromatic heterocycles. The van der Waals surface area contributed by atoms with Gasteiger partial charge in [0.05, 0.1) is 0 Å². The van der Waals surface area contributed by atoms with Crippen molar-refractivity contribution in [2.24, 2.45) is 0 Å². The third-order valence-corrected chi connectivity index (χ3v) is 1.18. The number of alkyl halides is 3. The molecule has 0 saturated carbocycles. The lowest BCUT2D eigenvalue weighted by molar-refractivity contribution is -0.132. The molecule has 0 saturated heterocycles. The molecular formula is C8H15F3N2O2. The summed E-state index contributed by atoms with van der Waals surface area (Å²) in [4.78, 5) is 11.1. The first-order valence-electron chi connectivity index (χ1n) is 4.28. The smallest absolute Gasteiger partial charge is 0.424 e. The van der Waals surface area contributed by atoms with Crippen molar-refractivity contribution in [2.45, 2.75) is 32.5 Å². The maximum Gasteiger partial charge on any atom is 0.424 e. The molecular weight excluding hydrogens is 213 g/mol. The van der Waals surface area contributed by atoms with Gasteiger partial charge in [0.1, 0.15) is 12.1 Å². The van der Waals surface area contributed by atoms with E-state index in [0.29, 0.717) is 5.01 Å². The fourth-order valence-electron chi connectivity index (χ4n) is 0.603. The maximum absolute atomic E-state index is 11.8. The van der Waals surface area contributed by atoms with Gasteiger partial charge in [0.25, 0.3) is 0 Å². The summed E-state index contributed by atoms with van der Waals surface area (Å²) in [5, 5.41) is 0.665. The molecule has 90 valence electrons. The molecule has 0 radical (unpaired) electrons. The van der Waals surface area contributed by atoms with Crippen LogP contribution in [-0.2, 0) is 4.74 Å². The van der Waals surface area contributed by atoms with Gasteiger partial charge >= 0.3 is 12.3 Å². The van der Waals surface area contributed by atoms with Gasteiger partial charge in [0.15, 0.2) is 0 Å². The highest BCUT2D eigenvalue weighted by molar-refractivity contribution is 5.67. The fraction of sp³-hybridized carbons (Fsp3) is 0.875. The molecule has 0 rings (SSSR count). The Morgan fingerprint density at radius 3 is 2.13 bits per heavy atom. The Hall–Kier alpha value is -0.980. The number of amides is 1. The number of ether oxygens (including phenoxy) is 1. The van der Waals surface area contributed by atoms with Crippen molar-refractivity contribution in [3.8, 4) is 0 Å². The van der Waals surface area contributed by atoms with E-state index >= 15 is 0 Å². The van der Waals surface area contributed by atoms with Gasteiger partial charge in [-0.25, -0.2) is 15.2 Å². The molecule has 7 heteroatoms. The van der Waals surface area contributed by atoms with E-state index in [4.69, 9.17) is 4.74 Å². The van der Waals surface area contributed by atoms with Crippen LogP contribution in [0, 0.1) is 0 Å². The molecule has 0 fully saturated rings. The standard InChI is InChI=1S/C8H15F3N2O2/c1-7(2,3)15-6(14)13(4)12-5-8(9,10)11/h12H,5H2,1-4H3. The summed E-state index contributed by atoms with van der Waals surface area (Å²) in [6.45, 7) is 3.61. The lowest BCUT2D eigenvalue weighted by Crippen LogP contribution is -2.46. The first-order chi connectivity index (χ1) is 6.51. The van der Waals surface area contributed by atoms with E-state index in [0.717, 1.165) is 0 Å². The number of nitrogens with zero attached hydrogens (tertiary/aromatic N) is 1. The van der Waals surface area contributed by atoms with Crippen LogP contribution in [0.25, 0.3) is 0 Å². The van der Waals surface area contributed by atoms with Crippen molar-refractivity contribution in [1.29, 1.82) is 0 Å².